The lowest BCUT2D eigenvalue weighted by Crippen LogP contribution is -2.42. The number of para-hydroxylation sites is 6. The largest absolute Gasteiger partial charge is 0.359 e. The average Bonchev–Trinajstić information content (AvgIpc) is 1.56. The number of fused-ring (bicyclic) bond motifs is 1. The van der Waals surface area contributed by atoms with E-state index in [-0.39, 0.29) is 12.3 Å². The van der Waals surface area contributed by atoms with E-state index in [1.165, 1.54) is 116 Å². The van der Waals surface area contributed by atoms with E-state index in [0.29, 0.717) is 35.7 Å². The topological polar surface area (TPSA) is 80.0 Å². The van der Waals surface area contributed by atoms with Gasteiger partial charge in [0, 0.05) is 114 Å². The van der Waals surface area contributed by atoms with Crippen LogP contribution >= 0.6 is 0 Å². The quantitative estimate of drug-likeness (QED) is 0.124. The van der Waals surface area contributed by atoms with Gasteiger partial charge in [0.15, 0.2) is 0 Å². The van der Waals surface area contributed by atoms with Crippen LogP contribution in [0.2, 0.25) is 0 Å². The highest BCUT2D eigenvalue weighted by Gasteiger charge is 2.38. The Balaban J connectivity index is 0.000000133. The van der Waals surface area contributed by atoms with Gasteiger partial charge in [-0.15, -0.1) is 0 Å². The van der Waals surface area contributed by atoms with E-state index in [2.05, 4.69) is 408 Å². The molecule has 0 radical (unpaired) electrons. The summed E-state index contributed by atoms with van der Waals surface area (Å²) in [5.74, 6) is 0. The second-order valence-electron chi connectivity index (χ2n) is 29.4. The first-order chi connectivity index (χ1) is 52.3. The molecule has 0 saturated heterocycles. The lowest BCUT2D eigenvalue weighted by molar-refractivity contribution is 0.187. The Bertz CT molecular complexity index is 4860. The van der Waals surface area contributed by atoms with Crippen LogP contribution in [0, 0.1) is 64.2 Å². The van der Waals surface area contributed by atoms with Gasteiger partial charge >= 0.3 is 0 Å². The van der Waals surface area contributed by atoms with Crippen LogP contribution in [-0.2, 0) is 0 Å². The first-order valence-electron chi connectivity index (χ1n) is 38.4. The van der Waals surface area contributed by atoms with Crippen LogP contribution in [0.25, 0.3) is 22.3 Å². The van der Waals surface area contributed by atoms with Crippen LogP contribution in [0.15, 0.2) is 286 Å². The average molecular weight is 1430 g/mol. The number of hydrogen-bond acceptors (Lipinski definition) is 12. The fraction of sp³-hybridized carbons (Fsp3) is 0.271. The molecule has 16 rings (SSSR count). The molecule has 12 nitrogen and oxygen atoms in total. The summed E-state index contributed by atoms with van der Waals surface area (Å²) in [5.41, 5.74) is 24.5. The highest BCUT2D eigenvalue weighted by Crippen LogP contribution is 2.53. The predicted molar refractivity (Wildman–Crippen MR) is 454 cm³/mol. The Labute approximate surface area is 644 Å². The first kappa shape index (κ1) is 75.8. The second-order valence-corrected chi connectivity index (χ2v) is 29.4. The molecule has 5 heterocycles. The molecule has 10 aromatic carbocycles. The fourth-order valence-corrected chi connectivity index (χ4v) is 15.9. The molecule has 0 bridgehead atoms. The van der Waals surface area contributed by atoms with Gasteiger partial charge in [-0.3, -0.25) is 0 Å². The van der Waals surface area contributed by atoms with E-state index in [1.807, 2.05) is 36.4 Å². The van der Waals surface area contributed by atoms with Gasteiger partial charge < -0.3 is 49.0 Å². The lowest BCUT2D eigenvalue weighted by atomic mass is 9.94. The number of rotatable bonds is 11. The summed E-state index contributed by atoms with van der Waals surface area (Å²) in [6.07, 6.45) is 25.7. The Morgan fingerprint density at radius 1 is 0.343 bits per heavy atom. The van der Waals surface area contributed by atoms with Gasteiger partial charge in [-0.25, -0.2) is 0 Å². The van der Waals surface area contributed by atoms with Gasteiger partial charge in [0.1, 0.15) is 30.8 Å². The van der Waals surface area contributed by atoms with Crippen LogP contribution in [0.5, 0.6) is 0 Å². The molecule has 12 heteroatoms. The normalized spacial score (nSPS) is 18.2. The monoisotopic (exact) mass is 1430 g/mol. The Hall–Kier alpha value is -11.9. The maximum Gasteiger partial charge on any atom is 0.108 e. The smallest absolute Gasteiger partial charge is 0.108 e. The fourth-order valence-electron chi connectivity index (χ4n) is 15.9. The third-order valence-electron chi connectivity index (χ3n) is 22.0. The van der Waals surface area contributed by atoms with Gasteiger partial charge in [-0.05, 0) is 220 Å². The molecule has 108 heavy (non-hydrogen) atoms. The Morgan fingerprint density at radius 2 is 0.806 bits per heavy atom. The first-order valence-corrected chi connectivity index (χ1v) is 38.4. The maximum atomic E-state index is 9.42. The van der Waals surface area contributed by atoms with Crippen LogP contribution in [-0.4, -0.2) is 64.7 Å². The third kappa shape index (κ3) is 16.5. The van der Waals surface area contributed by atoms with Crippen molar-refractivity contribution in [1.82, 2.24) is 14.7 Å². The molecule has 10 aromatic rings. The van der Waals surface area contributed by atoms with Crippen molar-refractivity contribution in [3.05, 3.63) is 331 Å². The molecule has 0 spiro atoms. The molecule has 1 aliphatic carbocycles. The Kier molecular flexibility index (Phi) is 24.3. The molecule has 5 atom stereocenters. The molecule has 5 aliphatic heterocycles. The van der Waals surface area contributed by atoms with Crippen molar-refractivity contribution in [2.24, 2.45) is 0 Å². The van der Waals surface area contributed by atoms with Gasteiger partial charge in [0.2, 0.25) is 0 Å². The highest BCUT2D eigenvalue weighted by atomic mass is 15.4. The third-order valence-corrected chi connectivity index (χ3v) is 22.0. The molecule has 550 valence electrons. The molecule has 0 aromatic heterocycles. The standard InChI is InChI=1S/C34H27N3.C19H19N3.C17H24N2.C14H20N2.C12H16N2/c1-24-22-26(23-35)20-21-31(24)36-25(2)37(33-19-10-9-18-32(33)36)34-29(27-12-5-3-6-13-27)16-11-17-30(34)28-14-7-4-8-15-28;1-14-7-8-15(2)19(11-14)22-10-9-21(16(22)3)18-6-4-5-17(12-18)13-20;1-14-8-6-7-11-17(14)19-13-12-18(15(19)2)16-9-4-3-5-10-16;1-11(2)15-9-10-16(13(15)4)14-8-6-5-7-12(14)3;1-10-6-4-5-7-12(10)14-9-8-13(3)11(14)2/h3-22,25H,1-2H3;4-12,16H,1-3H3;6-8,11-13,15-16H,3-5,9-10H2,1-2H3;5-11,13H,1-4H3;4-9,11H,1-3H3/t25-;16-;15-;13-;11-/m01111/s1. The molecule has 6 aliphatic rings. The van der Waals surface area contributed by atoms with Crippen molar-refractivity contribution in [2.45, 2.75) is 165 Å². The van der Waals surface area contributed by atoms with Crippen LogP contribution < -0.4 is 34.3 Å². The van der Waals surface area contributed by atoms with Crippen LogP contribution in [0.4, 0.5) is 51.2 Å². The number of anilines is 9. The molecule has 0 unspecified atom stereocenters. The zero-order valence-corrected chi connectivity index (χ0v) is 65.6. The van der Waals surface area contributed by atoms with Gasteiger partial charge in [0.05, 0.1) is 40.3 Å². The number of hydrogen-bond donors (Lipinski definition) is 0. The van der Waals surface area contributed by atoms with E-state index in [1.54, 1.807) is 0 Å². The van der Waals surface area contributed by atoms with Crippen molar-refractivity contribution >= 4 is 51.2 Å². The van der Waals surface area contributed by atoms with Crippen molar-refractivity contribution in [1.29, 1.82) is 10.5 Å². The molecule has 0 amide bonds. The number of nitriles is 2. The van der Waals surface area contributed by atoms with Gasteiger partial charge in [-0.1, -0.05) is 183 Å². The molecule has 1 fully saturated rings. The Morgan fingerprint density at radius 3 is 1.33 bits per heavy atom. The molecule has 1 saturated carbocycles. The van der Waals surface area contributed by atoms with E-state index >= 15 is 0 Å². The van der Waals surface area contributed by atoms with Crippen molar-refractivity contribution in [3.63, 3.8) is 0 Å². The summed E-state index contributed by atoms with van der Waals surface area (Å²) in [7, 11) is 2.10. The molecular weight excluding hydrogens is 1320 g/mol. The molecule has 0 N–H and O–H groups in total. The minimum atomic E-state index is 0.0105. The van der Waals surface area contributed by atoms with Crippen molar-refractivity contribution < 1.29 is 0 Å². The van der Waals surface area contributed by atoms with Crippen LogP contribution in [0.1, 0.15) is 125 Å². The predicted octanol–water partition coefficient (Wildman–Crippen LogP) is 23.3. The van der Waals surface area contributed by atoms with Crippen LogP contribution in [0.3, 0.4) is 0 Å². The van der Waals surface area contributed by atoms with E-state index in [9.17, 15) is 5.26 Å². The summed E-state index contributed by atoms with van der Waals surface area (Å²) in [5, 5.41) is 18.5. The summed E-state index contributed by atoms with van der Waals surface area (Å²) in [6.45, 7) is 28.5. The number of aryl methyl sites for hydroxylation is 6. The summed E-state index contributed by atoms with van der Waals surface area (Å²) in [6, 6.07) is 88.1. The highest BCUT2D eigenvalue weighted by molar-refractivity contribution is 5.99. The van der Waals surface area contributed by atoms with E-state index < -0.39 is 0 Å². The summed E-state index contributed by atoms with van der Waals surface area (Å²) in [4.78, 5) is 23.5. The second kappa shape index (κ2) is 34.6. The van der Waals surface area contributed by atoms with Gasteiger partial charge in [0.25, 0.3) is 0 Å². The lowest BCUT2D eigenvalue weighted by Gasteiger charge is -2.38. The molecular formula is C96H106N12. The minimum absolute atomic E-state index is 0.0105. The number of benzene rings is 10. The summed E-state index contributed by atoms with van der Waals surface area (Å²) < 4.78 is 0. The zero-order chi connectivity index (χ0) is 76.1. The van der Waals surface area contributed by atoms with Gasteiger partial charge in [-0.2, -0.15) is 10.5 Å². The van der Waals surface area contributed by atoms with Crippen molar-refractivity contribution in [3.8, 4) is 34.4 Å². The number of nitrogens with zero attached hydrogens (tertiary/aromatic N) is 12. The zero-order valence-electron chi connectivity index (χ0n) is 65.6. The SMILES string of the molecule is Cc1cc(C#N)ccc1N1c2ccccc2N(c2c(-c3ccccc3)cccc2-c2ccccc2)[C@H]1C.Cc1ccc(C)c(N2C=CN(c3cccc(C#N)c3)[C@H]2C)c1.Cc1ccccc1N1C=CN(C(C)C)[C@H]1C.Cc1ccccc1N1C=CN(C)[C@H]1C.Cc1ccccc1N1C=CN(C2CCCCC2)[C@H]1C. The minimum Gasteiger partial charge on any atom is -0.359 e. The summed E-state index contributed by atoms with van der Waals surface area (Å²) >= 11 is 0. The van der Waals surface area contributed by atoms with E-state index in [0.717, 1.165) is 28.7 Å². The van der Waals surface area contributed by atoms with E-state index in [4.69, 9.17) is 5.26 Å². The maximum absolute atomic E-state index is 9.42. The van der Waals surface area contributed by atoms with Crippen molar-refractivity contribution in [2.75, 3.05) is 41.3 Å².